The molecule has 0 aliphatic rings. The van der Waals surface area contributed by atoms with Crippen LogP contribution < -0.4 is 32.7 Å². The summed E-state index contributed by atoms with van der Waals surface area (Å²) in [7, 11) is 0. The first-order chi connectivity index (χ1) is 21.6. The van der Waals surface area contributed by atoms with Gasteiger partial charge in [0.05, 0.1) is 12.8 Å². The van der Waals surface area contributed by atoms with Gasteiger partial charge in [0.2, 0.25) is 0 Å². The van der Waals surface area contributed by atoms with Crippen LogP contribution in [0.1, 0.15) is 142 Å². The van der Waals surface area contributed by atoms with Gasteiger partial charge in [-0.1, -0.05) is 117 Å². The van der Waals surface area contributed by atoms with Gasteiger partial charge in [-0.2, -0.15) is 0 Å². The van der Waals surface area contributed by atoms with E-state index in [4.69, 9.17) is 11.5 Å². The van der Waals surface area contributed by atoms with Crippen molar-refractivity contribution in [1.29, 1.82) is 0 Å². The molecule has 10 heteroatoms. The van der Waals surface area contributed by atoms with Crippen LogP contribution in [0.25, 0.3) is 0 Å². The maximum absolute atomic E-state index is 11.6. The topological polar surface area (TPSA) is 153 Å². The van der Waals surface area contributed by atoms with Crippen molar-refractivity contribution in [2.45, 2.75) is 142 Å². The van der Waals surface area contributed by atoms with E-state index in [1.54, 1.807) is 0 Å². The van der Waals surface area contributed by atoms with Crippen molar-refractivity contribution in [3.63, 3.8) is 0 Å². The SMILES string of the molecule is CCCCCCCCCCCC(=O)OOC(=O)CCCCCCCCCCC.NCCNCCNCCNCCNCCN. The quantitative estimate of drug-likeness (QED) is 0.0328. The van der Waals surface area contributed by atoms with Gasteiger partial charge in [0.15, 0.2) is 0 Å². The predicted octanol–water partition coefficient (Wildman–Crippen LogP) is 5.09. The average Bonchev–Trinajstić information content (AvgIpc) is 3.03. The molecule has 0 rings (SSSR count). The van der Waals surface area contributed by atoms with Gasteiger partial charge >= 0.3 is 11.9 Å². The Morgan fingerprint density at radius 3 is 0.932 bits per heavy atom. The zero-order chi connectivity index (χ0) is 32.6. The van der Waals surface area contributed by atoms with E-state index in [0.29, 0.717) is 25.9 Å². The van der Waals surface area contributed by atoms with E-state index in [1.165, 1.54) is 77.0 Å². The van der Waals surface area contributed by atoms with Crippen LogP contribution in [0.15, 0.2) is 0 Å². The maximum atomic E-state index is 11.6. The van der Waals surface area contributed by atoms with Crippen LogP contribution in [0.2, 0.25) is 0 Å². The normalized spacial score (nSPS) is 10.8. The zero-order valence-electron chi connectivity index (χ0n) is 29.0. The van der Waals surface area contributed by atoms with E-state index in [0.717, 1.165) is 90.9 Å². The van der Waals surface area contributed by atoms with Gasteiger partial charge in [-0.25, -0.2) is 19.4 Å². The number of unbranched alkanes of at least 4 members (excludes halogenated alkanes) is 16. The fraction of sp³-hybridized carbons (Fsp3) is 0.941. The molecule has 264 valence electrons. The van der Waals surface area contributed by atoms with E-state index in [1.807, 2.05) is 0 Å². The van der Waals surface area contributed by atoms with Crippen molar-refractivity contribution in [2.75, 3.05) is 65.4 Å². The van der Waals surface area contributed by atoms with Crippen molar-refractivity contribution in [2.24, 2.45) is 11.5 Å². The summed E-state index contributed by atoms with van der Waals surface area (Å²) in [5.74, 6) is -0.855. The predicted molar refractivity (Wildman–Crippen MR) is 185 cm³/mol. The highest BCUT2D eigenvalue weighted by Crippen LogP contribution is 2.12. The first-order valence-corrected chi connectivity index (χ1v) is 18.2. The number of carbonyl (C=O) groups is 2. The third-order valence-corrected chi connectivity index (χ3v) is 7.27. The summed E-state index contributed by atoms with van der Waals surface area (Å²) in [6, 6.07) is 0. The van der Waals surface area contributed by atoms with Gasteiger partial charge in [0.25, 0.3) is 0 Å². The highest BCUT2D eigenvalue weighted by Gasteiger charge is 2.09. The Morgan fingerprint density at radius 2 is 0.659 bits per heavy atom. The van der Waals surface area contributed by atoms with Gasteiger partial charge in [0, 0.05) is 65.4 Å². The van der Waals surface area contributed by atoms with Crippen molar-refractivity contribution >= 4 is 11.9 Å². The fourth-order valence-electron chi connectivity index (χ4n) is 4.57. The molecule has 8 N–H and O–H groups in total. The van der Waals surface area contributed by atoms with Gasteiger partial charge in [-0.15, -0.1) is 0 Å². The average molecular weight is 631 g/mol. The molecule has 0 aromatic rings. The highest BCUT2D eigenvalue weighted by molar-refractivity contribution is 5.72. The molecule has 0 amide bonds. The molecule has 0 saturated carbocycles. The molecule has 0 saturated heterocycles. The lowest BCUT2D eigenvalue weighted by Crippen LogP contribution is -2.36. The zero-order valence-corrected chi connectivity index (χ0v) is 29.0. The largest absolute Gasteiger partial charge is 0.355 e. The third kappa shape index (κ3) is 42.8. The number of nitrogens with one attached hydrogen (secondary N) is 4. The second kappa shape index (κ2) is 41.7. The molecule has 0 aromatic carbocycles. The Morgan fingerprint density at radius 1 is 0.409 bits per heavy atom. The first-order valence-electron chi connectivity index (χ1n) is 18.2. The van der Waals surface area contributed by atoms with E-state index in [9.17, 15) is 9.59 Å². The minimum Gasteiger partial charge on any atom is -0.329 e. The molecule has 0 radical (unpaired) electrons. The van der Waals surface area contributed by atoms with Gasteiger partial charge in [0.1, 0.15) is 0 Å². The lowest BCUT2D eigenvalue weighted by Gasteiger charge is -2.07. The second-order valence-corrected chi connectivity index (χ2v) is 11.6. The number of rotatable bonds is 33. The van der Waals surface area contributed by atoms with Crippen molar-refractivity contribution in [3.8, 4) is 0 Å². The van der Waals surface area contributed by atoms with E-state index >= 15 is 0 Å². The molecular formula is C34H74N6O4. The summed E-state index contributed by atoms with van der Waals surface area (Å²) in [5, 5.41) is 13.1. The monoisotopic (exact) mass is 631 g/mol. The molecule has 10 nitrogen and oxygen atoms in total. The van der Waals surface area contributed by atoms with Crippen molar-refractivity contribution < 1.29 is 19.4 Å². The summed E-state index contributed by atoms with van der Waals surface area (Å²) >= 11 is 0. The van der Waals surface area contributed by atoms with E-state index < -0.39 is 11.9 Å². The van der Waals surface area contributed by atoms with Crippen molar-refractivity contribution in [1.82, 2.24) is 21.3 Å². The fourth-order valence-corrected chi connectivity index (χ4v) is 4.57. The molecule has 0 aliphatic carbocycles. The molecule has 44 heavy (non-hydrogen) atoms. The number of nitrogens with two attached hydrogens (primary N) is 2. The minimum absolute atomic E-state index is 0.334. The van der Waals surface area contributed by atoms with Gasteiger partial charge < -0.3 is 32.7 Å². The summed E-state index contributed by atoms with van der Waals surface area (Å²) in [6.07, 6.45) is 22.3. The van der Waals surface area contributed by atoms with Crippen molar-refractivity contribution in [3.05, 3.63) is 0 Å². The summed E-state index contributed by atoms with van der Waals surface area (Å²) in [5.41, 5.74) is 10.7. The van der Waals surface area contributed by atoms with Crippen LogP contribution in [0.3, 0.4) is 0 Å². The maximum Gasteiger partial charge on any atom is 0.355 e. The Balaban J connectivity index is 0. The molecule has 0 aliphatic heterocycles. The number of hydrogen-bond acceptors (Lipinski definition) is 10. The van der Waals surface area contributed by atoms with Crippen LogP contribution in [0.5, 0.6) is 0 Å². The molecule has 0 bridgehead atoms. The standard InChI is InChI=1S/C24H46O4.C10H28N6/c1-3-5-7-9-11-13-15-17-19-21-23(25)27-28-24(26)22-20-18-16-14-12-10-8-6-4-2;11-1-3-13-5-7-15-9-10-16-8-6-14-4-2-12/h3-22H2,1-2H3;13-16H,1-12H2. The molecule has 0 atom stereocenters. The van der Waals surface area contributed by atoms with Crippen LogP contribution in [0.4, 0.5) is 0 Å². The van der Waals surface area contributed by atoms with Crippen LogP contribution in [-0.4, -0.2) is 77.4 Å². The second-order valence-electron chi connectivity index (χ2n) is 11.6. The molecular weight excluding hydrogens is 556 g/mol. The highest BCUT2D eigenvalue weighted by atomic mass is 17.2. The van der Waals surface area contributed by atoms with Gasteiger partial charge in [-0.3, -0.25) is 0 Å². The molecule has 0 unspecified atom stereocenters. The summed E-state index contributed by atoms with van der Waals surface area (Å²) < 4.78 is 0. The first kappa shape index (κ1) is 44.8. The van der Waals surface area contributed by atoms with Crippen LogP contribution in [-0.2, 0) is 19.4 Å². The van der Waals surface area contributed by atoms with E-state index in [2.05, 4.69) is 44.9 Å². The number of hydrogen-bond donors (Lipinski definition) is 6. The lowest BCUT2D eigenvalue weighted by molar-refractivity contribution is -0.259. The van der Waals surface area contributed by atoms with Crippen LogP contribution in [0, 0.1) is 0 Å². The molecule has 0 heterocycles. The Bertz CT molecular complexity index is 524. The Kier molecular flexibility index (Phi) is 42.5. The van der Waals surface area contributed by atoms with Gasteiger partial charge in [-0.05, 0) is 12.8 Å². The minimum atomic E-state index is -0.427. The Labute approximate surface area is 271 Å². The molecule has 0 spiro atoms. The third-order valence-electron chi connectivity index (χ3n) is 7.27. The molecule has 0 aromatic heterocycles. The van der Waals surface area contributed by atoms with Crippen LogP contribution >= 0.6 is 0 Å². The number of carbonyl (C=O) groups excluding carboxylic acids is 2. The smallest absolute Gasteiger partial charge is 0.329 e. The van der Waals surface area contributed by atoms with E-state index in [-0.39, 0.29) is 0 Å². The lowest BCUT2D eigenvalue weighted by atomic mass is 10.1. The Hall–Kier alpha value is -1.30. The summed E-state index contributed by atoms with van der Waals surface area (Å²) in [4.78, 5) is 32.4. The summed E-state index contributed by atoms with van der Waals surface area (Å²) in [6.45, 7) is 13.6. The molecule has 0 fully saturated rings.